The van der Waals surface area contributed by atoms with Crippen molar-refractivity contribution in [1.29, 1.82) is 0 Å². The Labute approximate surface area is 136 Å². The zero-order chi connectivity index (χ0) is 16.1. The van der Waals surface area contributed by atoms with Crippen molar-refractivity contribution in [3.63, 3.8) is 0 Å². The molecule has 0 spiro atoms. The highest BCUT2D eigenvalue weighted by atomic mass is 16.5. The summed E-state index contributed by atoms with van der Waals surface area (Å²) < 4.78 is 10.4. The number of ether oxygens (including phenoxy) is 1. The molecule has 0 bridgehead atoms. The Hall–Kier alpha value is -2.30. The fraction of sp³-hybridized carbons (Fsp3) is 0.444. The number of hydrogen-bond acceptors (Lipinski definition) is 5. The lowest BCUT2D eigenvalue weighted by Gasteiger charge is -2.15. The van der Waals surface area contributed by atoms with E-state index >= 15 is 0 Å². The summed E-state index contributed by atoms with van der Waals surface area (Å²) in [5.74, 6) is -0.0103. The monoisotopic (exact) mass is 314 g/mol. The second-order valence-corrected chi connectivity index (χ2v) is 5.93. The van der Waals surface area contributed by atoms with Crippen LogP contribution in [0.3, 0.4) is 0 Å². The number of carbonyl (C=O) groups excluding carboxylic acids is 1. The van der Waals surface area contributed by atoms with E-state index in [2.05, 4.69) is 10.5 Å². The van der Waals surface area contributed by atoms with Gasteiger partial charge in [0.2, 0.25) is 5.88 Å². The third-order valence-corrected chi connectivity index (χ3v) is 4.32. The highest BCUT2D eigenvalue weighted by molar-refractivity contribution is 6.00. The molecular formula is C18H22N2O3. The van der Waals surface area contributed by atoms with Crippen molar-refractivity contribution in [2.24, 2.45) is 0 Å². The molecule has 1 aliphatic rings. The maximum atomic E-state index is 12.2. The predicted molar refractivity (Wildman–Crippen MR) is 88.4 cm³/mol. The highest BCUT2D eigenvalue weighted by Gasteiger charge is 2.26. The van der Waals surface area contributed by atoms with Crippen LogP contribution in [0, 0.1) is 0 Å². The SMILES string of the molecule is COC(=O)c1c(-c2ccccc2)noc1NC1CCCCCC1. The average Bonchev–Trinajstić information content (AvgIpc) is 2.83. The van der Waals surface area contributed by atoms with E-state index in [0.717, 1.165) is 18.4 Å². The van der Waals surface area contributed by atoms with Crippen LogP contribution in [0.4, 0.5) is 5.88 Å². The molecule has 1 aromatic heterocycles. The fourth-order valence-electron chi connectivity index (χ4n) is 3.08. The molecule has 1 heterocycles. The van der Waals surface area contributed by atoms with E-state index < -0.39 is 5.97 Å². The molecule has 1 saturated carbocycles. The maximum absolute atomic E-state index is 12.2. The molecule has 1 aromatic carbocycles. The molecule has 1 fully saturated rings. The molecule has 3 rings (SSSR count). The highest BCUT2D eigenvalue weighted by Crippen LogP contribution is 2.31. The molecule has 0 amide bonds. The van der Waals surface area contributed by atoms with Crippen LogP contribution in [0.25, 0.3) is 11.3 Å². The minimum Gasteiger partial charge on any atom is -0.465 e. The first-order valence-electron chi connectivity index (χ1n) is 8.19. The Kier molecular flexibility index (Phi) is 4.95. The van der Waals surface area contributed by atoms with Crippen LogP contribution in [-0.4, -0.2) is 24.3 Å². The van der Waals surface area contributed by atoms with Gasteiger partial charge < -0.3 is 14.6 Å². The van der Waals surface area contributed by atoms with Gasteiger partial charge in [-0.2, -0.15) is 0 Å². The van der Waals surface area contributed by atoms with Gasteiger partial charge in [-0.15, -0.1) is 0 Å². The summed E-state index contributed by atoms with van der Waals surface area (Å²) in [4.78, 5) is 12.2. The van der Waals surface area contributed by atoms with Gasteiger partial charge in [0.05, 0.1) is 7.11 Å². The van der Waals surface area contributed by atoms with E-state index in [4.69, 9.17) is 9.26 Å². The summed E-state index contributed by atoms with van der Waals surface area (Å²) in [5, 5.41) is 7.47. The number of methoxy groups -OCH3 is 1. The molecule has 23 heavy (non-hydrogen) atoms. The zero-order valence-electron chi connectivity index (χ0n) is 13.4. The van der Waals surface area contributed by atoms with Gasteiger partial charge in [0.1, 0.15) is 5.69 Å². The third-order valence-electron chi connectivity index (χ3n) is 4.32. The largest absolute Gasteiger partial charge is 0.465 e. The summed E-state index contributed by atoms with van der Waals surface area (Å²) in [5.41, 5.74) is 1.74. The van der Waals surface area contributed by atoms with Gasteiger partial charge in [-0.05, 0) is 12.8 Å². The van der Waals surface area contributed by atoms with Crippen LogP contribution in [-0.2, 0) is 4.74 Å². The molecule has 122 valence electrons. The van der Waals surface area contributed by atoms with E-state index in [1.54, 1.807) is 0 Å². The maximum Gasteiger partial charge on any atom is 0.345 e. The van der Waals surface area contributed by atoms with Gasteiger partial charge in [0, 0.05) is 11.6 Å². The second kappa shape index (κ2) is 7.31. The quantitative estimate of drug-likeness (QED) is 0.674. The second-order valence-electron chi connectivity index (χ2n) is 5.93. The van der Waals surface area contributed by atoms with Gasteiger partial charge >= 0.3 is 5.97 Å². The molecular weight excluding hydrogens is 292 g/mol. The molecule has 1 aliphatic carbocycles. The van der Waals surface area contributed by atoms with Crippen LogP contribution >= 0.6 is 0 Å². The van der Waals surface area contributed by atoms with Crippen molar-refractivity contribution in [1.82, 2.24) is 5.16 Å². The lowest BCUT2D eigenvalue weighted by molar-refractivity contribution is 0.0602. The molecule has 0 saturated heterocycles. The standard InChI is InChI=1S/C18H22N2O3/c1-22-18(21)15-16(13-9-5-4-6-10-13)20-23-17(15)19-14-11-7-2-3-8-12-14/h4-6,9-10,14,19H,2-3,7-8,11-12H2,1H3. The zero-order valence-corrected chi connectivity index (χ0v) is 13.4. The number of aromatic nitrogens is 1. The van der Waals surface area contributed by atoms with Crippen molar-refractivity contribution in [2.75, 3.05) is 12.4 Å². The van der Waals surface area contributed by atoms with Crippen LogP contribution < -0.4 is 5.32 Å². The van der Waals surface area contributed by atoms with Crippen molar-refractivity contribution in [3.05, 3.63) is 35.9 Å². The van der Waals surface area contributed by atoms with Crippen molar-refractivity contribution in [2.45, 2.75) is 44.6 Å². The average molecular weight is 314 g/mol. The summed E-state index contributed by atoms with van der Waals surface area (Å²) in [6.45, 7) is 0. The normalized spacial score (nSPS) is 15.9. The summed E-state index contributed by atoms with van der Waals surface area (Å²) in [7, 11) is 1.37. The van der Waals surface area contributed by atoms with E-state index in [-0.39, 0.29) is 0 Å². The first kappa shape index (κ1) is 15.6. The lowest BCUT2D eigenvalue weighted by atomic mass is 10.1. The number of esters is 1. The number of rotatable bonds is 4. The van der Waals surface area contributed by atoms with Crippen molar-refractivity contribution in [3.8, 4) is 11.3 Å². The van der Waals surface area contributed by atoms with E-state index in [1.165, 1.54) is 32.8 Å². The van der Waals surface area contributed by atoms with Crippen LogP contribution in [0.2, 0.25) is 0 Å². The minimum atomic E-state index is -0.429. The van der Waals surface area contributed by atoms with E-state index in [9.17, 15) is 4.79 Å². The number of hydrogen-bond donors (Lipinski definition) is 1. The Morgan fingerprint density at radius 2 is 1.87 bits per heavy atom. The van der Waals surface area contributed by atoms with Crippen molar-refractivity contribution < 1.29 is 14.1 Å². The first-order chi connectivity index (χ1) is 11.3. The number of nitrogens with zero attached hydrogens (tertiary/aromatic N) is 1. The number of carbonyl (C=O) groups is 1. The number of anilines is 1. The molecule has 0 aliphatic heterocycles. The Balaban J connectivity index is 1.90. The van der Waals surface area contributed by atoms with Crippen LogP contribution in [0.15, 0.2) is 34.9 Å². The minimum absolute atomic E-state index is 0.317. The molecule has 1 N–H and O–H groups in total. The van der Waals surface area contributed by atoms with Gasteiger partial charge in [-0.25, -0.2) is 4.79 Å². The third kappa shape index (κ3) is 3.55. The number of benzene rings is 1. The summed E-state index contributed by atoms with van der Waals surface area (Å²) in [6, 6.07) is 9.86. The van der Waals surface area contributed by atoms with E-state index in [0.29, 0.717) is 23.2 Å². The predicted octanol–water partition coefficient (Wildman–Crippen LogP) is 4.26. The van der Waals surface area contributed by atoms with Gasteiger partial charge in [0.25, 0.3) is 0 Å². The first-order valence-corrected chi connectivity index (χ1v) is 8.19. The van der Waals surface area contributed by atoms with E-state index in [1.807, 2.05) is 30.3 Å². The fourth-order valence-corrected chi connectivity index (χ4v) is 3.08. The molecule has 0 atom stereocenters. The molecule has 2 aromatic rings. The molecule has 5 nitrogen and oxygen atoms in total. The van der Waals surface area contributed by atoms with Crippen LogP contribution in [0.1, 0.15) is 48.9 Å². The lowest BCUT2D eigenvalue weighted by Crippen LogP contribution is -2.19. The number of nitrogens with one attached hydrogen (secondary N) is 1. The Morgan fingerprint density at radius 3 is 2.52 bits per heavy atom. The van der Waals surface area contributed by atoms with Crippen molar-refractivity contribution >= 4 is 11.9 Å². The molecule has 0 unspecified atom stereocenters. The summed E-state index contributed by atoms with van der Waals surface area (Å²) >= 11 is 0. The van der Waals surface area contributed by atoms with Gasteiger partial charge in [-0.3, -0.25) is 0 Å². The summed E-state index contributed by atoms with van der Waals surface area (Å²) in [6.07, 6.45) is 7.11. The Morgan fingerprint density at radius 1 is 1.17 bits per heavy atom. The smallest absolute Gasteiger partial charge is 0.345 e. The topological polar surface area (TPSA) is 64.4 Å². The van der Waals surface area contributed by atoms with Crippen LogP contribution in [0.5, 0.6) is 0 Å². The Bertz CT molecular complexity index is 644. The molecule has 5 heteroatoms. The molecule has 0 radical (unpaired) electrons. The van der Waals surface area contributed by atoms with Gasteiger partial charge in [-0.1, -0.05) is 61.2 Å². The van der Waals surface area contributed by atoms with Gasteiger partial charge in [0.15, 0.2) is 5.56 Å².